The van der Waals surface area contributed by atoms with Crippen molar-refractivity contribution in [2.45, 2.75) is 4.90 Å². The summed E-state index contributed by atoms with van der Waals surface area (Å²) in [7, 11) is -3.25. The Morgan fingerprint density at radius 1 is 1.13 bits per heavy atom. The molecule has 0 unspecified atom stereocenters. The molecular formula is C16H15N3O3S. The Kier molecular flexibility index (Phi) is 4.98. The second-order valence-corrected chi connectivity index (χ2v) is 6.91. The lowest BCUT2D eigenvalue weighted by atomic mass is 10.2. The van der Waals surface area contributed by atoms with Crippen molar-refractivity contribution >= 4 is 27.1 Å². The van der Waals surface area contributed by atoms with Crippen LogP contribution in [-0.4, -0.2) is 27.1 Å². The highest BCUT2D eigenvalue weighted by Gasteiger charge is 2.07. The van der Waals surface area contributed by atoms with E-state index < -0.39 is 9.84 Å². The molecule has 0 heterocycles. The molecule has 0 saturated carbocycles. The highest BCUT2D eigenvalue weighted by molar-refractivity contribution is 7.90. The highest BCUT2D eigenvalue weighted by atomic mass is 32.2. The van der Waals surface area contributed by atoms with Crippen LogP contribution in [0, 0.1) is 11.3 Å². The zero-order valence-electron chi connectivity index (χ0n) is 12.4. The maximum atomic E-state index is 11.9. The molecule has 0 aromatic heterocycles. The summed E-state index contributed by atoms with van der Waals surface area (Å²) in [5, 5.41) is 14.4. The first-order chi connectivity index (χ1) is 10.9. The van der Waals surface area contributed by atoms with Gasteiger partial charge in [0.1, 0.15) is 0 Å². The lowest BCUT2D eigenvalue weighted by molar-refractivity contribution is -0.114. The van der Waals surface area contributed by atoms with Gasteiger partial charge in [0.2, 0.25) is 5.91 Å². The van der Waals surface area contributed by atoms with Crippen molar-refractivity contribution in [3.8, 4) is 6.07 Å². The van der Waals surface area contributed by atoms with Gasteiger partial charge in [-0.25, -0.2) is 8.42 Å². The number of hydrogen-bond donors (Lipinski definition) is 2. The third-order valence-electron chi connectivity index (χ3n) is 3.01. The van der Waals surface area contributed by atoms with E-state index >= 15 is 0 Å². The quantitative estimate of drug-likeness (QED) is 0.874. The van der Waals surface area contributed by atoms with Crippen LogP contribution in [-0.2, 0) is 14.6 Å². The van der Waals surface area contributed by atoms with Crippen molar-refractivity contribution in [2.24, 2.45) is 0 Å². The Labute approximate surface area is 134 Å². The van der Waals surface area contributed by atoms with E-state index in [0.29, 0.717) is 16.9 Å². The van der Waals surface area contributed by atoms with Gasteiger partial charge in [-0.15, -0.1) is 0 Å². The van der Waals surface area contributed by atoms with Crippen molar-refractivity contribution in [3.05, 3.63) is 54.1 Å². The van der Waals surface area contributed by atoms with Crippen LogP contribution in [0.3, 0.4) is 0 Å². The van der Waals surface area contributed by atoms with Gasteiger partial charge in [0.05, 0.1) is 23.1 Å². The molecule has 0 atom stereocenters. The Balaban J connectivity index is 1.93. The van der Waals surface area contributed by atoms with Gasteiger partial charge < -0.3 is 10.6 Å². The topological polar surface area (TPSA) is 99.1 Å². The second-order valence-electron chi connectivity index (χ2n) is 4.89. The summed E-state index contributed by atoms with van der Waals surface area (Å²) < 4.78 is 22.7. The number of amides is 1. The summed E-state index contributed by atoms with van der Waals surface area (Å²) in [6, 6.07) is 14.8. The molecule has 23 heavy (non-hydrogen) atoms. The molecule has 0 saturated heterocycles. The van der Waals surface area contributed by atoms with E-state index in [2.05, 4.69) is 10.6 Å². The van der Waals surface area contributed by atoms with E-state index in [4.69, 9.17) is 5.26 Å². The number of hydrogen-bond acceptors (Lipinski definition) is 5. The molecular weight excluding hydrogens is 314 g/mol. The van der Waals surface area contributed by atoms with Crippen LogP contribution in [0.25, 0.3) is 0 Å². The van der Waals surface area contributed by atoms with Crippen LogP contribution in [0.2, 0.25) is 0 Å². The smallest absolute Gasteiger partial charge is 0.243 e. The first kappa shape index (κ1) is 16.5. The number of nitriles is 1. The van der Waals surface area contributed by atoms with Gasteiger partial charge in [-0.05, 0) is 42.5 Å². The van der Waals surface area contributed by atoms with Gasteiger partial charge >= 0.3 is 0 Å². The molecule has 1 amide bonds. The van der Waals surface area contributed by atoms with E-state index in [1.54, 1.807) is 24.3 Å². The van der Waals surface area contributed by atoms with Crippen LogP contribution in [0.5, 0.6) is 0 Å². The molecule has 7 heteroatoms. The first-order valence-electron chi connectivity index (χ1n) is 6.72. The average Bonchev–Trinajstić information content (AvgIpc) is 2.53. The van der Waals surface area contributed by atoms with E-state index in [1.807, 2.05) is 6.07 Å². The molecule has 118 valence electrons. The zero-order valence-corrected chi connectivity index (χ0v) is 13.2. The van der Waals surface area contributed by atoms with E-state index in [1.165, 1.54) is 24.3 Å². The number of carbonyl (C=O) groups is 1. The normalized spacial score (nSPS) is 10.6. The molecule has 6 nitrogen and oxygen atoms in total. The van der Waals surface area contributed by atoms with Crippen LogP contribution >= 0.6 is 0 Å². The molecule has 2 rings (SSSR count). The number of rotatable bonds is 5. The molecule has 0 spiro atoms. The van der Waals surface area contributed by atoms with Crippen molar-refractivity contribution in [2.75, 3.05) is 23.4 Å². The molecule has 0 radical (unpaired) electrons. The SMILES string of the molecule is CS(=O)(=O)c1ccc(NC(=O)CNc2cccc(C#N)c2)cc1. The van der Waals surface area contributed by atoms with E-state index in [9.17, 15) is 13.2 Å². The van der Waals surface area contributed by atoms with Gasteiger partial charge in [0, 0.05) is 17.6 Å². The van der Waals surface area contributed by atoms with Crippen molar-refractivity contribution in [3.63, 3.8) is 0 Å². The van der Waals surface area contributed by atoms with Gasteiger partial charge in [0.15, 0.2) is 9.84 Å². The van der Waals surface area contributed by atoms with Crippen LogP contribution < -0.4 is 10.6 Å². The highest BCUT2D eigenvalue weighted by Crippen LogP contribution is 2.14. The number of benzene rings is 2. The monoisotopic (exact) mass is 329 g/mol. The largest absolute Gasteiger partial charge is 0.376 e. The van der Waals surface area contributed by atoms with Gasteiger partial charge in [-0.1, -0.05) is 6.07 Å². The summed E-state index contributed by atoms with van der Waals surface area (Å²) in [6.45, 7) is 0.0305. The molecule has 2 aromatic carbocycles. The Morgan fingerprint density at radius 2 is 1.83 bits per heavy atom. The maximum absolute atomic E-state index is 11.9. The minimum atomic E-state index is -3.25. The number of nitrogens with one attached hydrogen (secondary N) is 2. The molecule has 2 N–H and O–H groups in total. The zero-order chi connectivity index (χ0) is 16.9. The minimum absolute atomic E-state index is 0.0305. The Bertz CT molecular complexity index is 853. The van der Waals surface area contributed by atoms with Crippen molar-refractivity contribution in [1.29, 1.82) is 5.26 Å². The molecule has 0 aliphatic heterocycles. The molecule has 0 fully saturated rings. The third kappa shape index (κ3) is 4.83. The number of anilines is 2. The fourth-order valence-electron chi connectivity index (χ4n) is 1.87. The van der Waals surface area contributed by atoms with Crippen LogP contribution in [0.15, 0.2) is 53.4 Å². The van der Waals surface area contributed by atoms with Crippen molar-refractivity contribution < 1.29 is 13.2 Å². The van der Waals surface area contributed by atoms with Gasteiger partial charge in [-0.2, -0.15) is 5.26 Å². The van der Waals surface area contributed by atoms with E-state index in [0.717, 1.165) is 6.26 Å². The number of carbonyl (C=O) groups excluding carboxylic acids is 1. The fourth-order valence-corrected chi connectivity index (χ4v) is 2.50. The fraction of sp³-hybridized carbons (Fsp3) is 0.125. The molecule has 0 bridgehead atoms. The molecule has 0 aliphatic rings. The summed E-state index contributed by atoms with van der Waals surface area (Å²) in [4.78, 5) is 12.1. The molecule has 0 aliphatic carbocycles. The average molecular weight is 329 g/mol. The first-order valence-corrected chi connectivity index (χ1v) is 8.61. The summed E-state index contributed by atoms with van der Waals surface area (Å²) >= 11 is 0. The summed E-state index contributed by atoms with van der Waals surface area (Å²) in [5.41, 5.74) is 1.69. The van der Waals surface area contributed by atoms with Crippen molar-refractivity contribution in [1.82, 2.24) is 0 Å². The predicted molar refractivity (Wildman–Crippen MR) is 87.8 cm³/mol. The van der Waals surface area contributed by atoms with Crippen LogP contribution in [0.4, 0.5) is 11.4 Å². The maximum Gasteiger partial charge on any atom is 0.243 e. The minimum Gasteiger partial charge on any atom is -0.376 e. The summed E-state index contributed by atoms with van der Waals surface area (Å²) in [6.07, 6.45) is 1.12. The lowest BCUT2D eigenvalue weighted by Crippen LogP contribution is -2.21. The van der Waals surface area contributed by atoms with E-state index in [-0.39, 0.29) is 17.3 Å². The third-order valence-corrected chi connectivity index (χ3v) is 4.14. The number of sulfone groups is 1. The summed E-state index contributed by atoms with van der Waals surface area (Å²) in [5.74, 6) is -0.278. The molecule has 2 aromatic rings. The number of nitrogens with zero attached hydrogens (tertiary/aromatic N) is 1. The second kappa shape index (κ2) is 6.94. The Morgan fingerprint density at radius 3 is 2.43 bits per heavy atom. The van der Waals surface area contributed by atoms with Gasteiger partial charge in [0.25, 0.3) is 0 Å². The lowest BCUT2D eigenvalue weighted by Gasteiger charge is -2.08. The predicted octanol–water partition coefficient (Wildman–Crippen LogP) is 2.01. The Hall–Kier alpha value is -2.85. The van der Waals surface area contributed by atoms with Crippen LogP contribution in [0.1, 0.15) is 5.56 Å². The van der Waals surface area contributed by atoms with Gasteiger partial charge in [-0.3, -0.25) is 4.79 Å². The standard InChI is InChI=1S/C16H15N3O3S/c1-23(21,22)15-7-5-13(6-8-15)19-16(20)11-18-14-4-2-3-12(9-14)10-17/h2-9,18H,11H2,1H3,(H,19,20).